The normalized spacial score (nSPS) is 14.0. The summed E-state index contributed by atoms with van der Waals surface area (Å²) >= 11 is 0. The number of hydrogen-bond donors (Lipinski definition) is 0. The van der Waals surface area contributed by atoms with E-state index in [0.29, 0.717) is 0 Å². The van der Waals surface area contributed by atoms with E-state index in [1.54, 1.807) is 0 Å². The molecule has 0 unspecified atom stereocenters. The minimum absolute atomic E-state index is 0.128. The van der Waals surface area contributed by atoms with E-state index < -0.39 is 0 Å². The molecule has 0 amide bonds. The van der Waals surface area contributed by atoms with E-state index in [4.69, 9.17) is 0 Å². The Kier molecular flexibility index (Phi) is 17.8. The fourth-order valence-electron chi connectivity index (χ4n) is 19.2. The molecular formula is C108H86N4. The van der Waals surface area contributed by atoms with Crippen LogP contribution in [0, 0.1) is 0 Å². The highest BCUT2D eigenvalue weighted by molar-refractivity contribution is 5.93. The summed E-state index contributed by atoms with van der Waals surface area (Å²) in [5, 5.41) is 0. The number of para-hydroxylation sites is 2. The topological polar surface area (TPSA) is 13.0 Å². The van der Waals surface area contributed by atoms with Crippen molar-refractivity contribution in [2.75, 3.05) is 19.6 Å². The van der Waals surface area contributed by atoms with Gasteiger partial charge in [-0.1, -0.05) is 293 Å². The quantitative estimate of drug-likeness (QED) is 0.0901. The van der Waals surface area contributed by atoms with Crippen molar-refractivity contribution in [2.45, 2.75) is 75.0 Å². The molecule has 2 fully saturated rings. The lowest BCUT2D eigenvalue weighted by Gasteiger charge is -2.37. The zero-order valence-corrected chi connectivity index (χ0v) is 63.0. The molecule has 20 rings (SSSR count). The molecule has 4 heteroatoms. The molecule has 2 spiro atoms. The first-order valence-corrected chi connectivity index (χ1v) is 40.2. The zero-order chi connectivity index (χ0) is 74.4. The van der Waals surface area contributed by atoms with Crippen molar-refractivity contribution < 1.29 is 0 Å². The third kappa shape index (κ3) is 12.5. The first-order valence-electron chi connectivity index (χ1n) is 40.2. The second kappa shape index (κ2) is 29.3. The fourth-order valence-corrected chi connectivity index (χ4v) is 19.2. The van der Waals surface area contributed by atoms with Gasteiger partial charge in [-0.3, -0.25) is 0 Å². The molecule has 0 aromatic heterocycles. The minimum atomic E-state index is -0.128. The van der Waals surface area contributed by atoms with Crippen LogP contribution < -0.4 is 19.6 Å². The average molecular weight is 1440 g/mol. The number of fused-ring (bicyclic) bond motifs is 10. The summed E-state index contributed by atoms with van der Waals surface area (Å²) in [5.41, 5.74) is 36.7. The summed E-state index contributed by atoms with van der Waals surface area (Å²) in [6.45, 7) is 0. The van der Waals surface area contributed by atoms with E-state index in [1.807, 2.05) is 0 Å². The van der Waals surface area contributed by atoms with E-state index in [1.165, 1.54) is 161 Å². The standard InChI is InChI=1S/C108H86N4/c1-9-25-77(26-10-1)81-37-49-91(50-38-81)111(92-51-39-82(40-52-92)78-27-11-2-12-28-78)97-63-67-101-99-65-61-95(73-103(99)107(105(101)75-97)69-21-7-22-70-107)109(87-33-17-5-18-34-87)89-57-45-85(46-58-89)86-47-59-90(60-48-86)110(88-35-19-6-20-36-88)96-62-66-100-102-68-64-98(76-106(102)108(104(100)74-96)71-23-8-24-72-108)112(93-53-41-83(42-54-93)79-29-13-3-14-30-79)94-55-43-84(44-56-94)80-31-15-4-16-32-80/h1-6,9-20,25-68,73-76H,7-8,21-24,69-72H2. The van der Waals surface area contributed by atoms with Crippen molar-refractivity contribution in [3.63, 3.8) is 0 Å². The highest BCUT2D eigenvalue weighted by Crippen LogP contribution is 2.61. The molecule has 0 radical (unpaired) electrons. The molecule has 0 heterocycles. The van der Waals surface area contributed by atoms with Gasteiger partial charge < -0.3 is 19.6 Å². The highest BCUT2D eigenvalue weighted by atomic mass is 15.2. The van der Waals surface area contributed by atoms with Crippen LogP contribution in [0.25, 0.3) is 77.9 Å². The van der Waals surface area contributed by atoms with Crippen LogP contribution in [0.15, 0.2) is 400 Å². The smallest absolute Gasteiger partial charge is 0.0465 e. The lowest BCUT2D eigenvalue weighted by atomic mass is 9.67. The molecular weight excluding hydrogens is 1350 g/mol. The monoisotopic (exact) mass is 1440 g/mol. The number of hydrogen-bond acceptors (Lipinski definition) is 4. The molecule has 4 aliphatic rings. The van der Waals surface area contributed by atoms with Crippen LogP contribution in [0.2, 0.25) is 0 Å². The average Bonchev–Trinajstić information content (AvgIpc) is 1.56. The summed E-state index contributed by atoms with van der Waals surface area (Å²) in [4.78, 5) is 9.86. The number of nitrogens with zero attached hydrogens (tertiary/aromatic N) is 4. The summed E-state index contributed by atoms with van der Waals surface area (Å²) in [5.74, 6) is 0. The second-order valence-corrected chi connectivity index (χ2v) is 31.0. The van der Waals surface area contributed by atoms with Crippen LogP contribution in [-0.2, 0) is 10.8 Å². The molecule has 16 aromatic carbocycles. The predicted octanol–water partition coefficient (Wildman–Crippen LogP) is 30.4. The Hall–Kier alpha value is -13.3. The van der Waals surface area contributed by atoms with Gasteiger partial charge in [-0.05, 0) is 271 Å². The van der Waals surface area contributed by atoms with E-state index in [0.717, 1.165) is 71.2 Å². The molecule has 0 aliphatic heterocycles. The highest BCUT2D eigenvalue weighted by Gasteiger charge is 2.46. The van der Waals surface area contributed by atoms with E-state index in [2.05, 4.69) is 420 Å². The molecule has 112 heavy (non-hydrogen) atoms. The summed E-state index contributed by atoms with van der Waals surface area (Å²) < 4.78 is 0. The van der Waals surface area contributed by atoms with Gasteiger partial charge in [0.2, 0.25) is 0 Å². The van der Waals surface area contributed by atoms with E-state index in [-0.39, 0.29) is 10.8 Å². The van der Waals surface area contributed by atoms with E-state index in [9.17, 15) is 0 Å². The Bertz CT molecular complexity index is 5460. The summed E-state index contributed by atoms with van der Waals surface area (Å²) in [6.07, 6.45) is 11.7. The third-order valence-corrected chi connectivity index (χ3v) is 24.6. The van der Waals surface area contributed by atoms with Crippen molar-refractivity contribution in [1.82, 2.24) is 0 Å². The maximum absolute atomic E-state index is 2.56. The van der Waals surface area contributed by atoms with Crippen molar-refractivity contribution in [2.24, 2.45) is 0 Å². The Morgan fingerprint density at radius 3 is 0.500 bits per heavy atom. The number of rotatable bonds is 17. The first kappa shape index (κ1) is 68.0. The summed E-state index contributed by atoms with van der Waals surface area (Å²) in [6, 6.07) is 149. The number of benzene rings is 16. The van der Waals surface area contributed by atoms with Crippen molar-refractivity contribution in [3.05, 3.63) is 423 Å². The van der Waals surface area contributed by atoms with Crippen LogP contribution in [0.1, 0.15) is 86.5 Å². The van der Waals surface area contributed by atoms with Gasteiger partial charge in [0.25, 0.3) is 0 Å². The van der Waals surface area contributed by atoms with Crippen LogP contribution in [0.5, 0.6) is 0 Å². The molecule has 0 atom stereocenters. The molecule has 0 bridgehead atoms. The summed E-state index contributed by atoms with van der Waals surface area (Å²) in [7, 11) is 0. The van der Waals surface area contributed by atoms with Gasteiger partial charge in [-0.15, -0.1) is 0 Å². The van der Waals surface area contributed by atoms with Gasteiger partial charge >= 0.3 is 0 Å². The van der Waals surface area contributed by atoms with Crippen LogP contribution in [0.3, 0.4) is 0 Å². The third-order valence-electron chi connectivity index (χ3n) is 24.6. The maximum Gasteiger partial charge on any atom is 0.0465 e. The van der Waals surface area contributed by atoms with Gasteiger partial charge in [-0.25, -0.2) is 0 Å². The van der Waals surface area contributed by atoms with Gasteiger partial charge in [-0.2, -0.15) is 0 Å². The van der Waals surface area contributed by atoms with Crippen molar-refractivity contribution in [3.8, 4) is 77.9 Å². The van der Waals surface area contributed by atoms with Gasteiger partial charge in [0.1, 0.15) is 0 Å². The Morgan fingerprint density at radius 2 is 0.304 bits per heavy atom. The van der Waals surface area contributed by atoms with Crippen LogP contribution in [0.4, 0.5) is 68.2 Å². The first-order chi connectivity index (χ1) is 55.5. The molecule has 2 saturated carbocycles. The number of anilines is 12. The lowest BCUT2D eigenvalue weighted by Crippen LogP contribution is -2.28. The fraction of sp³-hybridized carbons (Fsp3) is 0.111. The SMILES string of the molecule is c1ccc(-c2ccc(N(c3ccc(-c4ccccc4)cc3)c3ccc4c(c3)C3(CCCCC3)c3cc(N(c5ccccc5)c5ccc(-c6ccc(N(c7ccccc7)c7ccc8c(c7)C7(CCCCC7)c7cc(N(c9ccc(-c%10ccccc%10)cc9)c9ccc(-c%10ccccc%10)cc9)ccc7-8)cc6)cc5)ccc3-4)cc2)cc1. The van der Waals surface area contributed by atoms with Crippen LogP contribution >= 0.6 is 0 Å². The van der Waals surface area contributed by atoms with Gasteiger partial charge in [0.15, 0.2) is 0 Å². The minimum Gasteiger partial charge on any atom is -0.310 e. The largest absolute Gasteiger partial charge is 0.310 e. The second-order valence-electron chi connectivity index (χ2n) is 31.0. The van der Waals surface area contributed by atoms with Gasteiger partial charge in [0.05, 0.1) is 0 Å². The molecule has 16 aromatic rings. The molecule has 0 saturated heterocycles. The van der Waals surface area contributed by atoms with Crippen molar-refractivity contribution in [1.29, 1.82) is 0 Å². The molecule has 538 valence electrons. The zero-order valence-electron chi connectivity index (χ0n) is 63.0. The van der Waals surface area contributed by atoms with E-state index >= 15 is 0 Å². The van der Waals surface area contributed by atoms with Crippen molar-refractivity contribution >= 4 is 68.2 Å². The lowest BCUT2D eigenvalue weighted by molar-refractivity contribution is 0.353. The Labute approximate surface area is 659 Å². The predicted molar refractivity (Wildman–Crippen MR) is 471 cm³/mol. The molecule has 4 aliphatic carbocycles. The Morgan fingerprint density at radius 1 is 0.143 bits per heavy atom. The molecule has 0 N–H and O–H groups in total. The maximum atomic E-state index is 2.56. The van der Waals surface area contributed by atoms with Crippen LogP contribution in [-0.4, -0.2) is 0 Å². The Balaban J connectivity index is 0.609. The molecule has 4 nitrogen and oxygen atoms in total. The van der Waals surface area contributed by atoms with Gasteiger partial charge in [0, 0.05) is 79.1 Å².